The van der Waals surface area contributed by atoms with Gasteiger partial charge in [-0.3, -0.25) is 14.9 Å². The number of carbonyl (C=O) groups excluding carboxylic acids is 1. The van der Waals surface area contributed by atoms with Crippen molar-refractivity contribution < 1.29 is 14.8 Å². The van der Waals surface area contributed by atoms with Crippen molar-refractivity contribution in [2.24, 2.45) is 0 Å². The van der Waals surface area contributed by atoms with E-state index in [1.165, 1.54) is 12.1 Å². The molecule has 0 aliphatic rings. The molecule has 0 aliphatic heterocycles. The molecule has 0 aromatic heterocycles. The van der Waals surface area contributed by atoms with Gasteiger partial charge in [-0.2, -0.15) is 0 Å². The number of anilines is 1. The minimum absolute atomic E-state index is 0.0775. The first kappa shape index (κ1) is 14.2. The van der Waals surface area contributed by atoms with E-state index < -0.39 is 4.92 Å². The van der Waals surface area contributed by atoms with Gasteiger partial charge in [-0.15, -0.1) is 11.6 Å². The normalized spacial score (nSPS) is 10.1. The van der Waals surface area contributed by atoms with Crippen molar-refractivity contribution in [1.29, 1.82) is 0 Å². The van der Waals surface area contributed by atoms with Crippen LogP contribution in [0.3, 0.4) is 0 Å². The highest BCUT2D eigenvalue weighted by atomic mass is 35.5. The Balaban J connectivity index is 2.72. The molecule has 1 amide bonds. The lowest BCUT2D eigenvalue weighted by atomic mass is 10.2. The molecule has 0 unspecified atom stereocenters. The van der Waals surface area contributed by atoms with Crippen molar-refractivity contribution in [2.75, 3.05) is 11.2 Å². The summed E-state index contributed by atoms with van der Waals surface area (Å²) < 4.78 is 0. The third-order valence-electron chi connectivity index (χ3n) is 2.24. The number of hydrogen-bond acceptors (Lipinski definition) is 4. The average Bonchev–Trinajstić information content (AvgIpc) is 2.31. The van der Waals surface area contributed by atoms with Gasteiger partial charge in [0.15, 0.2) is 0 Å². The molecule has 0 radical (unpaired) electrons. The summed E-state index contributed by atoms with van der Waals surface area (Å²) in [5.74, 6) is -0.0529. The molecule has 0 saturated heterocycles. The minimum Gasteiger partial charge on any atom is -0.508 e. The topological polar surface area (TPSA) is 92.5 Å². The number of benzene rings is 1. The molecule has 0 aliphatic carbocycles. The Morgan fingerprint density at radius 1 is 1.44 bits per heavy atom. The monoisotopic (exact) mass is 272 g/mol. The molecule has 2 N–H and O–H groups in total. The summed E-state index contributed by atoms with van der Waals surface area (Å²) in [6.45, 7) is 0. The number of carbonyl (C=O) groups is 1. The fraction of sp³-hybridized carbons (Fsp3) is 0.364. The molecule has 0 bridgehead atoms. The molecule has 0 spiro atoms. The van der Waals surface area contributed by atoms with Gasteiger partial charge in [0.25, 0.3) is 5.69 Å². The van der Waals surface area contributed by atoms with E-state index in [0.29, 0.717) is 18.7 Å². The minimum atomic E-state index is -0.659. The molecule has 0 atom stereocenters. The molecule has 1 aromatic rings. The number of alkyl halides is 1. The highest BCUT2D eigenvalue weighted by Gasteiger charge is 2.16. The van der Waals surface area contributed by atoms with Crippen LogP contribution in [0, 0.1) is 10.1 Å². The quantitative estimate of drug-likeness (QED) is 0.274. The first-order chi connectivity index (χ1) is 8.54. The van der Waals surface area contributed by atoms with Gasteiger partial charge in [0.05, 0.1) is 11.0 Å². The van der Waals surface area contributed by atoms with E-state index in [0.717, 1.165) is 6.07 Å². The molecule has 0 saturated carbocycles. The van der Waals surface area contributed by atoms with E-state index in [4.69, 9.17) is 16.7 Å². The van der Waals surface area contributed by atoms with Crippen LogP contribution in [0.5, 0.6) is 5.75 Å². The number of unbranched alkanes of at least 4 members (excludes halogenated alkanes) is 1. The van der Waals surface area contributed by atoms with Crippen LogP contribution in [0.25, 0.3) is 0 Å². The Hall–Kier alpha value is -1.82. The third-order valence-corrected chi connectivity index (χ3v) is 2.51. The zero-order valence-electron chi connectivity index (χ0n) is 9.56. The maximum absolute atomic E-state index is 11.5. The van der Waals surface area contributed by atoms with Crippen molar-refractivity contribution >= 4 is 28.9 Å². The van der Waals surface area contributed by atoms with E-state index in [2.05, 4.69) is 5.32 Å². The zero-order chi connectivity index (χ0) is 13.5. The van der Waals surface area contributed by atoms with Crippen LogP contribution in [0.2, 0.25) is 0 Å². The van der Waals surface area contributed by atoms with Crippen LogP contribution in [0.4, 0.5) is 11.4 Å². The number of halogens is 1. The molecule has 0 fully saturated rings. The van der Waals surface area contributed by atoms with Gasteiger partial charge in [0, 0.05) is 12.3 Å². The predicted molar refractivity (Wildman–Crippen MR) is 68.0 cm³/mol. The molecular formula is C11H13ClN2O4. The molecule has 7 heteroatoms. The number of nitro groups is 1. The lowest BCUT2D eigenvalue weighted by Gasteiger charge is -2.05. The number of hydrogen-bond donors (Lipinski definition) is 2. The molecule has 18 heavy (non-hydrogen) atoms. The fourth-order valence-corrected chi connectivity index (χ4v) is 1.56. The number of phenols is 1. The summed E-state index contributed by atoms with van der Waals surface area (Å²) in [5, 5.41) is 22.3. The van der Waals surface area contributed by atoms with Crippen LogP contribution in [-0.4, -0.2) is 21.8 Å². The Morgan fingerprint density at radius 2 is 2.17 bits per heavy atom. The second-order valence-corrected chi connectivity index (χ2v) is 4.03. The van der Waals surface area contributed by atoms with E-state index >= 15 is 0 Å². The molecular weight excluding hydrogens is 260 g/mol. The number of nitrogens with zero attached hydrogens (tertiary/aromatic N) is 1. The number of phenolic OH excluding ortho intramolecular Hbond substituents is 1. The van der Waals surface area contributed by atoms with Crippen molar-refractivity contribution in [3.63, 3.8) is 0 Å². The third kappa shape index (κ3) is 4.21. The van der Waals surface area contributed by atoms with Crippen molar-refractivity contribution in [3.8, 4) is 5.75 Å². The van der Waals surface area contributed by atoms with E-state index in [1.54, 1.807) is 0 Å². The summed E-state index contributed by atoms with van der Waals surface area (Å²) in [6, 6.07) is 3.57. The van der Waals surface area contributed by atoms with Gasteiger partial charge in [0.1, 0.15) is 11.4 Å². The van der Waals surface area contributed by atoms with Crippen molar-refractivity contribution in [1.82, 2.24) is 0 Å². The van der Waals surface area contributed by atoms with Gasteiger partial charge in [-0.1, -0.05) is 0 Å². The smallest absolute Gasteiger partial charge is 0.296 e. The van der Waals surface area contributed by atoms with E-state index in [1.807, 2.05) is 0 Å². The number of amides is 1. The Morgan fingerprint density at radius 3 is 2.78 bits per heavy atom. The SMILES string of the molecule is O=C(CCCCCl)Nc1ccc(O)cc1[N+](=O)[O-]. The van der Waals surface area contributed by atoms with Gasteiger partial charge in [-0.05, 0) is 25.0 Å². The summed E-state index contributed by atoms with van der Waals surface area (Å²) in [7, 11) is 0. The number of nitrogens with one attached hydrogen (secondary N) is 1. The Labute approximate surface area is 109 Å². The van der Waals surface area contributed by atoms with Gasteiger partial charge in [-0.25, -0.2) is 0 Å². The molecule has 1 rings (SSSR count). The highest BCUT2D eigenvalue weighted by Crippen LogP contribution is 2.28. The summed E-state index contributed by atoms with van der Waals surface area (Å²) in [6.07, 6.45) is 1.60. The number of rotatable bonds is 6. The largest absolute Gasteiger partial charge is 0.508 e. The Kier molecular flexibility index (Phi) is 5.38. The second kappa shape index (κ2) is 6.80. The highest BCUT2D eigenvalue weighted by molar-refractivity contribution is 6.17. The summed E-state index contributed by atoms with van der Waals surface area (Å²) >= 11 is 5.48. The summed E-state index contributed by atoms with van der Waals surface area (Å²) in [5.41, 5.74) is -0.255. The van der Waals surface area contributed by atoms with E-state index in [-0.39, 0.29) is 29.5 Å². The maximum atomic E-state index is 11.5. The lowest BCUT2D eigenvalue weighted by molar-refractivity contribution is -0.384. The average molecular weight is 273 g/mol. The standard InChI is InChI=1S/C11H13ClN2O4/c12-6-2-1-3-11(16)13-9-5-4-8(15)7-10(9)14(17)18/h4-5,7,15H,1-3,6H2,(H,13,16). The first-order valence-electron chi connectivity index (χ1n) is 5.38. The fourth-order valence-electron chi connectivity index (χ4n) is 1.37. The first-order valence-corrected chi connectivity index (χ1v) is 5.91. The van der Waals surface area contributed by atoms with E-state index in [9.17, 15) is 14.9 Å². The summed E-state index contributed by atoms with van der Waals surface area (Å²) in [4.78, 5) is 21.6. The van der Waals surface area contributed by atoms with Crippen molar-refractivity contribution in [2.45, 2.75) is 19.3 Å². The van der Waals surface area contributed by atoms with Crippen LogP contribution >= 0.6 is 11.6 Å². The van der Waals surface area contributed by atoms with Crippen LogP contribution in [-0.2, 0) is 4.79 Å². The van der Waals surface area contributed by atoms with Crippen molar-refractivity contribution in [3.05, 3.63) is 28.3 Å². The van der Waals surface area contributed by atoms with Crippen LogP contribution in [0.15, 0.2) is 18.2 Å². The lowest BCUT2D eigenvalue weighted by Crippen LogP contribution is -2.12. The second-order valence-electron chi connectivity index (χ2n) is 3.65. The van der Waals surface area contributed by atoms with Crippen LogP contribution < -0.4 is 5.32 Å². The Bertz CT molecular complexity index is 451. The van der Waals surface area contributed by atoms with Gasteiger partial charge >= 0.3 is 0 Å². The van der Waals surface area contributed by atoms with Gasteiger partial charge in [0.2, 0.25) is 5.91 Å². The molecule has 1 aromatic carbocycles. The maximum Gasteiger partial charge on any atom is 0.296 e. The number of nitro benzene ring substituents is 1. The predicted octanol–water partition coefficient (Wildman–Crippen LogP) is 2.65. The molecule has 6 nitrogen and oxygen atoms in total. The zero-order valence-corrected chi connectivity index (χ0v) is 10.3. The van der Waals surface area contributed by atoms with Crippen LogP contribution in [0.1, 0.15) is 19.3 Å². The number of aromatic hydroxyl groups is 1. The molecule has 98 valence electrons. The van der Waals surface area contributed by atoms with Gasteiger partial charge < -0.3 is 10.4 Å². The molecule has 0 heterocycles.